The number of carbonyl (C=O) groups excluding carboxylic acids is 1. The molecule has 0 heterocycles. The highest BCUT2D eigenvalue weighted by atomic mass is 16.1. The normalized spacial score (nSPS) is 9.36. The molecule has 4 nitrogen and oxygen atoms in total. The minimum atomic E-state index is -0.300. The van der Waals surface area contributed by atoms with Gasteiger partial charge >= 0.3 is 5.84 Å². The smallest absolute Gasteiger partial charge is 0.394 e. The second kappa shape index (κ2) is 4.63. The Kier molecular flexibility index (Phi) is 4.15. The molecule has 62 valence electrons. The van der Waals surface area contributed by atoms with E-state index in [0.717, 1.165) is 6.42 Å². The van der Waals surface area contributed by atoms with Crippen LogP contribution >= 0.6 is 0 Å². The SMILES string of the molecule is CC(C)CCC(=O)C(N)=[N+]=[N-]. The third kappa shape index (κ3) is 4.28. The molecule has 4 heteroatoms. The summed E-state index contributed by atoms with van der Waals surface area (Å²) in [6.45, 7) is 4.03. The highest BCUT2D eigenvalue weighted by Gasteiger charge is 2.13. The summed E-state index contributed by atoms with van der Waals surface area (Å²) >= 11 is 0. The Morgan fingerprint density at radius 3 is 2.55 bits per heavy atom. The molecular weight excluding hydrogens is 142 g/mol. The molecule has 11 heavy (non-hydrogen) atoms. The Morgan fingerprint density at radius 1 is 1.64 bits per heavy atom. The lowest BCUT2D eigenvalue weighted by molar-refractivity contribution is -0.117. The van der Waals surface area contributed by atoms with Crippen LogP contribution in [0.1, 0.15) is 26.7 Å². The zero-order chi connectivity index (χ0) is 8.85. The lowest BCUT2D eigenvalue weighted by atomic mass is 10.1. The van der Waals surface area contributed by atoms with Gasteiger partial charge in [0.1, 0.15) is 0 Å². The molecule has 0 aromatic heterocycles. The summed E-state index contributed by atoms with van der Waals surface area (Å²) in [7, 11) is 0. The predicted octanol–water partition coefficient (Wildman–Crippen LogP) is 0.579. The summed E-state index contributed by atoms with van der Waals surface area (Å²) < 4.78 is 0. The minimum Gasteiger partial charge on any atom is -0.497 e. The zero-order valence-corrected chi connectivity index (χ0v) is 6.87. The van der Waals surface area contributed by atoms with Gasteiger partial charge in [0.25, 0.3) is 5.78 Å². The fourth-order valence-corrected chi connectivity index (χ4v) is 0.604. The first-order valence-electron chi connectivity index (χ1n) is 3.58. The number of amidine groups is 1. The Balaban J connectivity index is 3.80. The van der Waals surface area contributed by atoms with Crippen LogP contribution in [0.4, 0.5) is 0 Å². The Labute approximate surface area is 66.0 Å². The van der Waals surface area contributed by atoms with Crippen molar-refractivity contribution >= 4 is 11.6 Å². The summed E-state index contributed by atoms with van der Waals surface area (Å²) in [6, 6.07) is 0. The van der Waals surface area contributed by atoms with Crippen LogP contribution in [0.2, 0.25) is 0 Å². The van der Waals surface area contributed by atoms with Gasteiger partial charge in [-0.3, -0.25) is 10.5 Å². The number of nitrogens with zero attached hydrogens (tertiary/aromatic N) is 2. The van der Waals surface area contributed by atoms with Crippen molar-refractivity contribution in [3.05, 3.63) is 5.53 Å². The van der Waals surface area contributed by atoms with Gasteiger partial charge in [-0.05, 0) is 12.3 Å². The first kappa shape index (κ1) is 9.85. The molecule has 0 saturated carbocycles. The van der Waals surface area contributed by atoms with Crippen LogP contribution in [0.15, 0.2) is 0 Å². The van der Waals surface area contributed by atoms with Gasteiger partial charge < -0.3 is 10.3 Å². The lowest BCUT2D eigenvalue weighted by Gasteiger charge is -1.98. The molecule has 0 aliphatic heterocycles. The molecule has 0 bridgehead atoms. The van der Waals surface area contributed by atoms with E-state index in [1.165, 1.54) is 0 Å². The summed E-state index contributed by atoms with van der Waals surface area (Å²) in [5.74, 6) is -0.128. The summed E-state index contributed by atoms with van der Waals surface area (Å²) in [4.78, 5) is 13.5. The van der Waals surface area contributed by atoms with E-state index in [1.807, 2.05) is 13.8 Å². The van der Waals surface area contributed by atoms with E-state index in [0.29, 0.717) is 12.3 Å². The van der Waals surface area contributed by atoms with Crippen LogP contribution in [0.3, 0.4) is 0 Å². The number of rotatable bonds is 4. The monoisotopic (exact) mass is 155 g/mol. The van der Waals surface area contributed by atoms with E-state index in [-0.39, 0.29) is 11.6 Å². The maximum atomic E-state index is 10.9. The van der Waals surface area contributed by atoms with Crippen molar-refractivity contribution in [3.63, 3.8) is 0 Å². The van der Waals surface area contributed by atoms with E-state index in [1.54, 1.807) is 0 Å². The highest BCUT2D eigenvalue weighted by molar-refractivity contribution is 6.35. The van der Waals surface area contributed by atoms with Crippen LogP contribution in [0.5, 0.6) is 0 Å². The topological polar surface area (TPSA) is 79.5 Å². The van der Waals surface area contributed by atoms with E-state index in [4.69, 9.17) is 11.3 Å². The predicted molar refractivity (Wildman–Crippen MR) is 41.9 cm³/mol. The third-order valence-electron chi connectivity index (χ3n) is 1.34. The van der Waals surface area contributed by atoms with Crippen molar-refractivity contribution in [2.75, 3.05) is 0 Å². The first-order chi connectivity index (χ1) is 5.07. The standard InChI is InChI=1S/C7H13N3O/c1-5(2)3-4-6(11)7(8)10-9/h5H,3-4,8H2,1-2H3. The van der Waals surface area contributed by atoms with Crippen LogP contribution in [0.25, 0.3) is 5.53 Å². The molecule has 0 aromatic carbocycles. The molecule has 0 spiro atoms. The third-order valence-corrected chi connectivity index (χ3v) is 1.34. The van der Waals surface area contributed by atoms with E-state index >= 15 is 0 Å². The van der Waals surface area contributed by atoms with Crippen LogP contribution in [-0.4, -0.2) is 16.4 Å². The summed E-state index contributed by atoms with van der Waals surface area (Å²) in [5, 5.41) is 0. The van der Waals surface area contributed by atoms with Gasteiger partial charge in [-0.1, -0.05) is 13.8 Å². The molecule has 0 saturated heterocycles. The van der Waals surface area contributed by atoms with Gasteiger partial charge in [-0.15, -0.1) is 0 Å². The van der Waals surface area contributed by atoms with Gasteiger partial charge in [0.15, 0.2) is 0 Å². The van der Waals surface area contributed by atoms with Crippen molar-refractivity contribution in [1.82, 2.24) is 0 Å². The van der Waals surface area contributed by atoms with E-state index < -0.39 is 0 Å². The van der Waals surface area contributed by atoms with Crippen LogP contribution < -0.4 is 5.73 Å². The Morgan fingerprint density at radius 2 is 2.18 bits per heavy atom. The molecule has 0 aliphatic carbocycles. The maximum Gasteiger partial charge on any atom is 0.394 e. The van der Waals surface area contributed by atoms with Crippen molar-refractivity contribution < 1.29 is 9.58 Å². The average molecular weight is 155 g/mol. The molecule has 0 amide bonds. The zero-order valence-electron chi connectivity index (χ0n) is 6.87. The lowest BCUT2D eigenvalue weighted by Crippen LogP contribution is -2.24. The maximum absolute atomic E-state index is 10.9. The second-order valence-electron chi connectivity index (χ2n) is 2.84. The van der Waals surface area contributed by atoms with Gasteiger partial charge in [-0.2, -0.15) is 0 Å². The van der Waals surface area contributed by atoms with Crippen LogP contribution in [-0.2, 0) is 4.79 Å². The quantitative estimate of drug-likeness (QED) is 0.279. The van der Waals surface area contributed by atoms with Gasteiger partial charge in [0.2, 0.25) is 0 Å². The summed E-state index contributed by atoms with van der Waals surface area (Å²) in [6.07, 6.45) is 1.13. The van der Waals surface area contributed by atoms with Crippen molar-refractivity contribution in [2.45, 2.75) is 26.7 Å². The van der Waals surface area contributed by atoms with Gasteiger partial charge in [0, 0.05) is 6.42 Å². The number of carbonyl (C=O) groups is 1. The number of Topliss-reactive ketones (excluding diaryl/α,β-unsaturated/α-hetero) is 1. The Hall–Kier alpha value is -1.15. The number of ketones is 1. The van der Waals surface area contributed by atoms with Crippen LogP contribution in [0, 0.1) is 5.92 Å². The van der Waals surface area contributed by atoms with Gasteiger partial charge in [0.05, 0.1) is 0 Å². The second-order valence-corrected chi connectivity index (χ2v) is 2.84. The van der Waals surface area contributed by atoms with Crippen molar-refractivity contribution in [3.8, 4) is 0 Å². The van der Waals surface area contributed by atoms with Crippen molar-refractivity contribution in [1.29, 1.82) is 0 Å². The first-order valence-corrected chi connectivity index (χ1v) is 3.58. The summed E-state index contributed by atoms with van der Waals surface area (Å²) in [5.41, 5.74) is 13.2. The molecule has 0 unspecified atom stereocenters. The molecule has 0 aliphatic rings. The van der Waals surface area contributed by atoms with E-state index in [2.05, 4.69) is 4.79 Å². The largest absolute Gasteiger partial charge is 0.497 e. The number of hydrogen-bond acceptors (Lipinski definition) is 1. The molecular formula is C7H13N3O. The number of nitrogens with two attached hydrogens (primary N) is 1. The number of hydrogen-bond donors (Lipinski definition) is 1. The van der Waals surface area contributed by atoms with E-state index in [9.17, 15) is 4.79 Å². The molecule has 0 atom stereocenters. The highest BCUT2D eigenvalue weighted by Crippen LogP contribution is 2.03. The molecule has 0 fully saturated rings. The fourth-order valence-electron chi connectivity index (χ4n) is 0.604. The average Bonchev–Trinajstić information content (AvgIpc) is 1.98. The Bertz CT molecular complexity index is 192. The minimum absolute atomic E-state index is 0.291. The van der Waals surface area contributed by atoms with Crippen molar-refractivity contribution in [2.24, 2.45) is 11.7 Å². The molecule has 2 N–H and O–H groups in total. The molecule has 0 aromatic rings. The molecule has 0 rings (SSSR count). The molecule has 0 radical (unpaired) electrons. The fraction of sp³-hybridized carbons (Fsp3) is 0.714. The van der Waals surface area contributed by atoms with Gasteiger partial charge in [-0.25, -0.2) is 0 Å².